The number of nitrogens with one attached hydrogen (secondary N) is 1. The molecule has 0 saturated carbocycles. The summed E-state index contributed by atoms with van der Waals surface area (Å²) in [5.74, 6) is 0.988. The maximum atomic E-state index is 11.9. The van der Waals surface area contributed by atoms with Crippen LogP contribution in [0.3, 0.4) is 0 Å². The van der Waals surface area contributed by atoms with Crippen molar-refractivity contribution in [1.29, 1.82) is 0 Å². The van der Waals surface area contributed by atoms with Gasteiger partial charge < -0.3 is 10.1 Å². The van der Waals surface area contributed by atoms with Crippen LogP contribution < -0.4 is 5.32 Å². The minimum absolute atomic E-state index is 0.0105. The SMILES string of the molecule is CCC1CCNC(C(=O)OC(C)C(C)C)C1. The Morgan fingerprint density at radius 3 is 2.69 bits per heavy atom. The van der Waals surface area contributed by atoms with Crippen LogP contribution in [0, 0.1) is 11.8 Å². The van der Waals surface area contributed by atoms with Crippen LogP contribution in [0.2, 0.25) is 0 Å². The first-order valence-corrected chi connectivity index (χ1v) is 6.48. The molecule has 3 nitrogen and oxygen atoms in total. The van der Waals surface area contributed by atoms with Crippen molar-refractivity contribution in [3.63, 3.8) is 0 Å². The van der Waals surface area contributed by atoms with Gasteiger partial charge in [0, 0.05) is 0 Å². The van der Waals surface area contributed by atoms with E-state index in [0.29, 0.717) is 11.8 Å². The van der Waals surface area contributed by atoms with Crippen molar-refractivity contribution in [2.45, 2.75) is 59.1 Å². The van der Waals surface area contributed by atoms with E-state index >= 15 is 0 Å². The van der Waals surface area contributed by atoms with Crippen LogP contribution in [0.1, 0.15) is 47.0 Å². The second kappa shape index (κ2) is 6.24. The van der Waals surface area contributed by atoms with Gasteiger partial charge in [-0.3, -0.25) is 4.79 Å². The molecule has 3 unspecified atom stereocenters. The molecule has 0 aromatic heterocycles. The van der Waals surface area contributed by atoms with Crippen LogP contribution in [-0.2, 0) is 9.53 Å². The Hall–Kier alpha value is -0.570. The van der Waals surface area contributed by atoms with Gasteiger partial charge >= 0.3 is 5.97 Å². The highest BCUT2D eigenvalue weighted by Crippen LogP contribution is 2.20. The molecule has 1 fully saturated rings. The van der Waals surface area contributed by atoms with Gasteiger partial charge in [0.1, 0.15) is 12.1 Å². The molecule has 1 rings (SSSR count). The largest absolute Gasteiger partial charge is 0.461 e. The van der Waals surface area contributed by atoms with Gasteiger partial charge in [-0.2, -0.15) is 0 Å². The summed E-state index contributed by atoms with van der Waals surface area (Å²) in [5.41, 5.74) is 0. The monoisotopic (exact) mass is 227 g/mol. The highest BCUT2D eigenvalue weighted by molar-refractivity contribution is 5.76. The van der Waals surface area contributed by atoms with Gasteiger partial charge in [0.15, 0.2) is 0 Å². The third-order valence-corrected chi connectivity index (χ3v) is 3.62. The number of hydrogen-bond acceptors (Lipinski definition) is 3. The van der Waals surface area contributed by atoms with Crippen LogP contribution in [0.5, 0.6) is 0 Å². The molecule has 1 N–H and O–H groups in total. The summed E-state index contributed by atoms with van der Waals surface area (Å²) in [6.07, 6.45) is 3.28. The van der Waals surface area contributed by atoms with Gasteiger partial charge in [0.05, 0.1) is 0 Å². The Balaban J connectivity index is 2.41. The Labute approximate surface area is 98.9 Å². The Bertz CT molecular complexity index is 228. The number of ether oxygens (including phenoxy) is 1. The van der Waals surface area contributed by atoms with Crippen molar-refractivity contribution in [1.82, 2.24) is 5.32 Å². The zero-order valence-corrected chi connectivity index (χ0v) is 11.0. The zero-order valence-electron chi connectivity index (χ0n) is 11.0. The number of carbonyl (C=O) groups is 1. The molecule has 1 aliphatic rings. The molecule has 1 heterocycles. The number of rotatable bonds is 4. The molecule has 0 aliphatic carbocycles. The van der Waals surface area contributed by atoms with Crippen molar-refractivity contribution in [2.24, 2.45) is 11.8 Å². The van der Waals surface area contributed by atoms with Crippen molar-refractivity contribution in [2.75, 3.05) is 6.54 Å². The van der Waals surface area contributed by atoms with E-state index < -0.39 is 0 Å². The number of carbonyl (C=O) groups excluding carboxylic acids is 1. The van der Waals surface area contributed by atoms with Gasteiger partial charge in [-0.05, 0) is 38.1 Å². The van der Waals surface area contributed by atoms with Gasteiger partial charge in [-0.15, -0.1) is 0 Å². The van der Waals surface area contributed by atoms with E-state index in [2.05, 4.69) is 26.1 Å². The van der Waals surface area contributed by atoms with E-state index in [1.54, 1.807) is 0 Å². The number of esters is 1. The Morgan fingerprint density at radius 2 is 2.12 bits per heavy atom. The molecule has 16 heavy (non-hydrogen) atoms. The lowest BCUT2D eigenvalue weighted by atomic mass is 9.90. The quantitative estimate of drug-likeness (QED) is 0.749. The minimum atomic E-state index is -0.0834. The smallest absolute Gasteiger partial charge is 0.323 e. The molecular formula is C13H25NO2. The first kappa shape index (κ1) is 13.5. The molecular weight excluding hydrogens is 202 g/mol. The third-order valence-electron chi connectivity index (χ3n) is 3.62. The average Bonchev–Trinajstić information content (AvgIpc) is 2.28. The van der Waals surface area contributed by atoms with Crippen LogP contribution in [0.25, 0.3) is 0 Å². The maximum absolute atomic E-state index is 11.9. The molecule has 0 amide bonds. The maximum Gasteiger partial charge on any atom is 0.323 e. The van der Waals surface area contributed by atoms with Gasteiger partial charge in [-0.25, -0.2) is 0 Å². The molecule has 3 atom stereocenters. The molecule has 1 aliphatic heterocycles. The van der Waals surface area contributed by atoms with Crippen LogP contribution in [-0.4, -0.2) is 24.7 Å². The molecule has 0 bridgehead atoms. The van der Waals surface area contributed by atoms with E-state index in [-0.39, 0.29) is 18.1 Å². The second-order valence-electron chi connectivity index (χ2n) is 5.19. The first-order chi connectivity index (χ1) is 7.54. The molecule has 0 aromatic carbocycles. The van der Waals surface area contributed by atoms with E-state index in [1.807, 2.05) is 6.92 Å². The second-order valence-corrected chi connectivity index (χ2v) is 5.19. The Kier molecular flexibility index (Phi) is 5.26. The highest BCUT2D eigenvalue weighted by atomic mass is 16.5. The fourth-order valence-electron chi connectivity index (χ4n) is 1.95. The standard InChI is InChI=1S/C13H25NO2/c1-5-11-6-7-14-12(8-11)13(15)16-10(4)9(2)3/h9-12,14H,5-8H2,1-4H3. The molecule has 0 spiro atoms. The normalized spacial score (nSPS) is 27.8. The predicted molar refractivity (Wildman–Crippen MR) is 65.2 cm³/mol. The van der Waals surface area contributed by atoms with Crippen LogP contribution in [0.4, 0.5) is 0 Å². The molecule has 0 radical (unpaired) electrons. The summed E-state index contributed by atoms with van der Waals surface area (Å²) >= 11 is 0. The lowest BCUT2D eigenvalue weighted by molar-refractivity contribution is -0.153. The van der Waals surface area contributed by atoms with Crippen molar-refractivity contribution in [3.8, 4) is 0 Å². The topological polar surface area (TPSA) is 38.3 Å². The third kappa shape index (κ3) is 3.78. The van der Waals surface area contributed by atoms with Gasteiger partial charge in [0.2, 0.25) is 0 Å². The van der Waals surface area contributed by atoms with Crippen molar-refractivity contribution in [3.05, 3.63) is 0 Å². The number of piperidine rings is 1. The van der Waals surface area contributed by atoms with Crippen LogP contribution in [0.15, 0.2) is 0 Å². The number of hydrogen-bond donors (Lipinski definition) is 1. The first-order valence-electron chi connectivity index (χ1n) is 6.48. The summed E-state index contributed by atoms with van der Waals surface area (Å²) < 4.78 is 5.44. The molecule has 3 heteroatoms. The summed E-state index contributed by atoms with van der Waals surface area (Å²) in [6, 6.07) is -0.0834. The summed E-state index contributed by atoms with van der Waals surface area (Å²) in [4.78, 5) is 11.9. The zero-order chi connectivity index (χ0) is 12.1. The average molecular weight is 227 g/mol. The Morgan fingerprint density at radius 1 is 1.44 bits per heavy atom. The molecule has 94 valence electrons. The van der Waals surface area contributed by atoms with Crippen LogP contribution >= 0.6 is 0 Å². The minimum Gasteiger partial charge on any atom is -0.461 e. The van der Waals surface area contributed by atoms with Crippen molar-refractivity contribution >= 4 is 5.97 Å². The highest BCUT2D eigenvalue weighted by Gasteiger charge is 2.28. The van der Waals surface area contributed by atoms with E-state index in [4.69, 9.17) is 4.74 Å². The fraction of sp³-hybridized carbons (Fsp3) is 0.923. The lowest BCUT2D eigenvalue weighted by Crippen LogP contribution is -2.45. The predicted octanol–water partition coefficient (Wildman–Crippen LogP) is 2.35. The summed E-state index contributed by atoms with van der Waals surface area (Å²) in [5, 5.41) is 3.25. The fourth-order valence-corrected chi connectivity index (χ4v) is 1.95. The summed E-state index contributed by atoms with van der Waals surface area (Å²) in [7, 11) is 0. The van der Waals surface area contributed by atoms with Gasteiger partial charge in [0.25, 0.3) is 0 Å². The van der Waals surface area contributed by atoms with Gasteiger partial charge in [-0.1, -0.05) is 27.2 Å². The molecule has 0 aromatic rings. The summed E-state index contributed by atoms with van der Waals surface area (Å²) in [6.45, 7) is 9.23. The molecule has 1 saturated heterocycles. The van der Waals surface area contributed by atoms with E-state index in [0.717, 1.165) is 19.4 Å². The van der Waals surface area contributed by atoms with E-state index in [9.17, 15) is 4.79 Å². The van der Waals surface area contributed by atoms with E-state index in [1.165, 1.54) is 6.42 Å². The lowest BCUT2D eigenvalue weighted by Gasteiger charge is -2.29. The van der Waals surface area contributed by atoms with Crippen molar-refractivity contribution < 1.29 is 9.53 Å².